The fourth-order valence-corrected chi connectivity index (χ4v) is 1.90. The van der Waals surface area contributed by atoms with E-state index in [0.717, 1.165) is 30.9 Å². The third-order valence-electron chi connectivity index (χ3n) is 2.66. The molecule has 0 amide bonds. The second kappa shape index (κ2) is 2.94. The van der Waals surface area contributed by atoms with E-state index < -0.39 is 0 Å². The van der Waals surface area contributed by atoms with Gasteiger partial charge >= 0.3 is 0 Å². The lowest BCUT2D eigenvalue weighted by molar-refractivity contribution is 0.440. The smallest absolute Gasteiger partial charge is 0.111 e. The van der Waals surface area contributed by atoms with Crippen LogP contribution in [-0.2, 0) is 12.8 Å². The first-order valence-electron chi connectivity index (χ1n) is 4.66. The number of furan rings is 1. The number of fused-ring (bicyclic) bond motifs is 1. The summed E-state index contributed by atoms with van der Waals surface area (Å²) < 4.78 is 5.70. The van der Waals surface area contributed by atoms with Crippen molar-refractivity contribution in [2.24, 2.45) is 5.73 Å². The lowest BCUT2D eigenvalue weighted by Crippen LogP contribution is -2.08. The first-order chi connectivity index (χ1) is 5.85. The minimum Gasteiger partial charge on any atom is -0.465 e. The molecule has 1 unspecified atom stereocenters. The molecule has 12 heavy (non-hydrogen) atoms. The summed E-state index contributed by atoms with van der Waals surface area (Å²) >= 11 is 0. The van der Waals surface area contributed by atoms with E-state index in [9.17, 15) is 0 Å². The number of hydrogen-bond donors (Lipinski definition) is 1. The van der Waals surface area contributed by atoms with Gasteiger partial charge in [0.2, 0.25) is 0 Å². The van der Waals surface area contributed by atoms with Gasteiger partial charge in [0, 0.05) is 18.9 Å². The molecule has 0 aliphatic heterocycles. The largest absolute Gasteiger partial charge is 0.465 e. The van der Waals surface area contributed by atoms with E-state index >= 15 is 0 Å². The van der Waals surface area contributed by atoms with E-state index in [-0.39, 0.29) is 0 Å². The van der Waals surface area contributed by atoms with Crippen molar-refractivity contribution in [2.45, 2.75) is 32.1 Å². The second-order valence-electron chi connectivity index (χ2n) is 3.43. The van der Waals surface area contributed by atoms with Crippen LogP contribution in [0.1, 0.15) is 36.3 Å². The lowest BCUT2D eigenvalue weighted by Gasteiger charge is -2.03. The van der Waals surface area contributed by atoms with Crippen molar-refractivity contribution in [3.63, 3.8) is 0 Å². The zero-order valence-electron chi connectivity index (χ0n) is 7.47. The highest BCUT2D eigenvalue weighted by Gasteiger charge is 2.25. The molecule has 0 spiro atoms. The third kappa shape index (κ3) is 1.07. The summed E-state index contributed by atoms with van der Waals surface area (Å²) in [4.78, 5) is 0. The van der Waals surface area contributed by atoms with E-state index in [0.29, 0.717) is 5.92 Å². The Morgan fingerprint density at radius 2 is 2.50 bits per heavy atom. The highest BCUT2D eigenvalue weighted by atomic mass is 16.3. The van der Waals surface area contributed by atoms with Crippen molar-refractivity contribution in [3.8, 4) is 0 Å². The van der Waals surface area contributed by atoms with Crippen LogP contribution in [0.2, 0.25) is 0 Å². The van der Waals surface area contributed by atoms with Gasteiger partial charge < -0.3 is 10.2 Å². The maximum absolute atomic E-state index is 5.70. The fourth-order valence-electron chi connectivity index (χ4n) is 1.90. The van der Waals surface area contributed by atoms with Gasteiger partial charge in [0.15, 0.2) is 0 Å². The topological polar surface area (TPSA) is 39.2 Å². The molecule has 0 aromatic carbocycles. The summed E-state index contributed by atoms with van der Waals surface area (Å²) in [5, 5.41) is 0. The number of hydrogen-bond acceptors (Lipinski definition) is 2. The van der Waals surface area contributed by atoms with Gasteiger partial charge in [-0.15, -0.1) is 0 Å². The monoisotopic (exact) mass is 165 g/mol. The van der Waals surface area contributed by atoms with Crippen LogP contribution in [0.3, 0.4) is 0 Å². The Kier molecular flexibility index (Phi) is 1.93. The summed E-state index contributed by atoms with van der Waals surface area (Å²) in [7, 11) is 0. The minimum atomic E-state index is 0.486. The fraction of sp³-hybridized carbons (Fsp3) is 0.600. The molecule has 0 bridgehead atoms. The predicted octanol–water partition coefficient (Wildman–Crippen LogP) is 1.83. The first kappa shape index (κ1) is 7.87. The molecular weight excluding hydrogens is 150 g/mol. The van der Waals surface area contributed by atoms with Crippen LogP contribution >= 0.6 is 0 Å². The molecule has 2 heteroatoms. The van der Waals surface area contributed by atoms with Gasteiger partial charge in [0.1, 0.15) is 11.5 Å². The van der Waals surface area contributed by atoms with Gasteiger partial charge in [-0.1, -0.05) is 6.92 Å². The Hall–Kier alpha value is -0.760. The SMILES string of the molecule is CCc1cc2c(o1)C(CN)CC2. The van der Waals surface area contributed by atoms with Crippen LogP contribution in [0.25, 0.3) is 0 Å². The van der Waals surface area contributed by atoms with Crippen LogP contribution in [0.4, 0.5) is 0 Å². The molecule has 0 radical (unpaired) electrons. The molecule has 1 aromatic heterocycles. The molecule has 2 N–H and O–H groups in total. The van der Waals surface area contributed by atoms with Crippen LogP contribution in [-0.4, -0.2) is 6.54 Å². The van der Waals surface area contributed by atoms with E-state index in [1.54, 1.807) is 0 Å². The van der Waals surface area contributed by atoms with Gasteiger partial charge in [-0.05, 0) is 24.5 Å². The van der Waals surface area contributed by atoms with E-state index in [1.165, 1.54) is 12.0 Å². The van der Waals surface area contributed by atoms with Gasteiger partial charge in [-0.2, -0.15) is 0 Å². The Morgan fingerprint density at radius 1 is 1.67 bits per heavy atom. The van der Waals surface area contributed by atoms with E-state index in [2.05, 4.69) is 13.0 Å². The quantitative estimate of drug-likeness (QED) is 0.726. The summed E-state index contributed by atoms with van der Waals surface area (Å²) in [5.41, 5.74) is 7.03. The first-order valence-corrected chi connectivity index (χ1v) is 4.66. The van der Waals surface area contributed by atoms with Crippen molar-refractivity contribution in [1.29, 1.82) is 0 Å². The molecular formula is C10H15NO. The van der Waals surface area contributed by atoms with E-state index in [1.807, 2.05) is 0 Å². The van der Waals surface area contributed by atoms with Crippen molar-refractivity contribution in [2.75, 3.05) is 6.54 Å². The maximum atomic E-state index is 5.70. The van der Waals surface area contributed by atoms with Crippen molar-refractivity contribution in [3.05, 3.63) is 23.2 Å². The van der Waals surface area contributed by atoms with Crippen LogP contribution < -0.4 is 5.73 Å². The summed E-state index contributed by atoms with van der Waals surface area (Å²) in [6.07, 6.45) is 3.32. The average Bonchev–Trinajstić information content (AvgIpc) is 2.61. The molecule has 66 valence electrons. The molecule has 1 heterocycles. The number of rotatable bonds is 2. The van der Waals surface area contributed by atoms with Crippen molar-refractivity contribution < 1.29 is 4.42 Å². The normalized spacial score (nSPS) is 21.3. The number of aryl methyl sites for hydroxylation is 2. The molecule has 2 nitrogen and oxygen atoms in total. The minimum absolute atomic E-state index is 0.486. The third-order valence-corrected chi connectivity index (χ3v) is 2.66. The van der Waals surface area contributed by atoms with Gasteiger partial charge in [0.25, 0.3) is 0 Å². The summed E-state index contributed by atoms with van der Waals surface area (Å²) in [5.74, 6) is 2.76. The molecule has 0 fully saturated rings. The Balaban J connectivity index is 2.31. The Bertz CT molecular complexity index is 277. The van der Waals surface area contributed by atoms with Crippen LogP contribution in [0.5, 0.6) is 0 Å². The highest BCUT2D eigenvalue weighted by Crippen LogP contribution is 2.34. The molecule has 1 aliphatic rings. The Morgan fingerprint density at radius 3 is 3.17 bits per heavy atom. The van der Waals surface area contributed by atoms with Crippen LogP contribution in [0, 0.1) is 0 Å². The average molecular weight is 165 g/mol. The molecule has 1 atom stereocenters. The van der Waals surface area contributed by atoms with Crippen molar-refractivity contribution in [1.82, 2.24) is 0 Å². The predicted molar refractivity (Wildman–Crippen MR) is 48.2 cm³/mol. The van der Waals surface area contributed by atoms with Crippen LogP contribution in [0.15, 0.2) is 10.5 Å². The zero-order chi connectivity index (χ0) is 8.55. The lowest BCUT2D eigenvalue weighted by atomic mass is 10.1. The van der Waals surface area contributed by atoms with Gasteiger partial charge in [0.05, 0.1) is 0 Å². The van der Waals surface area contributed by atoms with Crippen molar-refractivity contribution >= 4 is 0 Å². The molecule has 2 rings (SSSR count). The van der Waals surface area contributed by atoms with E-state index in [4.69, 9.17) is 10.2 Å². The molecule has 0 saturated carbocycles. The maximum Gasteiger partial charge on any atom is 0.111 e. The molecule has 0 saturated heterocycles. The second-order valence-corrected chi connectivity index (χ2v) is 3.43. The van der Waals surface area contributed by atoms with Gasteiger partial charge in [-0.25, -0.2) is 0 Å². The Labute approximate surface area is 72.7 Å². The zero-order valence-corrected chi connectivity index (χ0v) is 7.47. The highest BCUT2D eigenvalue weighted by molar-refractivity contribution is 5.29. The molecule has 1 aliphatic carbocycles. The summed E-state index contributed by atoms with van der Waals surface area (Å²) in [6, 6.07) is 2.19. The van der Waals surface area contributed by atoms with Gasteiger partial charge in [-0.3, -0.25) is 0 Å². The molecule has 1 aromatic rings. The summed E-state index contributed by atoms with van der Waals surface area (Å²) in [6.45, 7) is 2.84. The standard InChI is InChI=1S/C10H15NO/c1-2-9-5-7-3-4-8(6-11)10(7)12-9/h5,8H,2-4,6,11H2,1H3. The number of nitrogens with two attached hydrogens (primary N) is 1.